The fraction of sp³-hybridized carbons (Fsp3) is 0.636. The number of rotatable bonds is 6. The van der Waals surface area contributed by atoms with Crippen LogP contribution < -0.4 is 10.1 Å². The molecule has 2 heterocycles. The van der Waals surface area contributed by atoms with Crippen molar-refractivity contribution >= 4 is 11.9 Å². The largest absolute Gasteiger partial charge is 0.497 e. The second-order valence-corrected chi connectivity index (χ2v) is 7.74. The molecule has 1 N–H and O–H groups in total. The highest BCUT2D eigenvalue weighted by molar-refractivity contribution is 5.94. The lowest BCUT2D eigenvalue weighted by Crippen LogP contribution is -2.56. The van der Waals surface area contributed by atoms with Gasteiger partial charge in [0, 0.05) is 50.5 Å². The van der Waals surface area contributed by atoms with Gasteiger partial charge in [0.2, 0.25) is 0 Å². The Morgan fingerprint density at radius 2 is 1.86 bits per heavy atom. The Morgan fingerprint density at radius 3 is 2.52 bits per heavy atom. The summed E-state index contributed by atoms with van der Waals surface area (Å²) in [4.78, 5) is 29.7. The summed E-state index contributed by atoms with van der Waals surface area (Å²) >= 11 is 0. The van der Waals surface area contributed by atoms with Crippen LogP contribution in [0, 0.1) is 0 Å². The molecule has 0 saturated carbocycles. The Labute approximate surface area is 173 Å². The van der Waals surface area contributed by atoms with Gasteiger partial charge >= 0.3 is 6.03 Å². The smallest absolute Gasteiger partial charge is 0.317 e. The monoisotopic (exact) mass is 403 g/mol. The number of carbonyl (C=O) groups is 2. The van der Waals surface area contributed by atoms with Crippen molar-refractivity contribution < 1.29 is 19.1 Å². The first-order valence-corrected chi connectivity index (χ1v) is 10.7. The number of piperidine rings is 1. The number of benzene rings is 1. The Kier molecular flexibility index (Phi) is 7.75. The van der Waals surface area contributed by atoms with E-state index in [0.29, 0.717) is 44.2 Å². The van der Waals surface area contributed by atoms with Gasteiger partial charge in [-0.3, -0.25) is 4.79 Å². The zero-order chi connectivity index (χ0) is 20.6. The van der Waals surface area contributed by atoms with Gasteiger partial charge in [-0.25, -0.2) is 4.79 Å². The lowest BCUT2D eigenvalue weighted by Gasteiger charge is -2.43. The van der Waals surface area contributed by atoms with E-state index in [0.717, 1.165) is 32.1 Å². The van der Waals surface area contributed by atoms with E-state index >= 15 is 0 Å². The molecule has 0 radical (unpaired) electrons. The number of likely N-dealkylation sites (tertiary alicyclic amines) is 1. The molecule has 0 aliphatic carbocycles. The number of amides is 3. The maximum atomic E-state index is 12.9. The van der Waals surface area contributed by atoms with Crippen LogP contribution in [0.5, 0.6) is 5.75 Å². The number of nitrogens with zero attached hydrogens (tertiary/aromatic N) is 2. The Morgan fingerprint density at radius 1 is 1.17 bits per heavy atom. The van der Waals surface area contributed by atoms with Crippen molar-refractivity contribution in [1.82, 2.24) is 15.1 Å². The van der Waals surface area contributed by atoms with Gasteiger partial charge in [-0.2, -0.15) is 0 Å². The second kappa shape index (κ2) is 10.5. The summed E-state index contributed by atoms with van der Waals surface area (Å²) in [5, 5.41) is 3.05. The summed E-state index contributed by atoms with van der Waals surface area (Å²) in [6.45, 7) is 5.46. The van der Waals surface area contributed by atoms with E-state index in [1.165, 1.54) is 0 Å². The third-order valence-corrected chi connectivity index (χ3v) is 5.81. The molecule has 0 bridgehead atoms. The molecule has 0 unspecified atom stereocenters. The number of carbonyl (C=O) groups excluding carboxylic acids is 2. The van der Waals surface area contributed by atoms with Gasteiger partial charge in [0.05, 0.1) is 7.11 Å². The molecule has 0 atom stereocenters. The lowest BCUT2D eigenvalue weighted by molar-refractivity contribution is 0.0209. The summed E-state index contributed by atoms with van der Waals surface area (Å²) in [6.07, 6.45) is 4.27. The standard InChI is InChI=1S/C22H33N3O4/c1-3-11-23-22(27)25(19-9-14-29-15-10-19)18-7-12-24(13-8-18)21(26)17-5-4-6-20(16-17)28-2/h4-6,16,18-19H,3,7-15H2,1-2H3,(H,23,27). The minimum atomic E-state index is 0.0235. The minimum Gasteiger partial charge on any atom is -0.497 e. The number of hydrogen-bond acceptors (Lipinski definition) is 4. The van der Waals surface area contributed by atoms with Crippen LogP contribution in [-0.2, 0) is 4.74 Å². The predicted molar refractivity (Wildman–Crippen MR) is 111 cm³/mol. The zero-order valence-electron chi connectivity index (χ0n) is 17.6. The molecule has 7 heteroatoms. The molecule has 7 nitrogen and oxygen atoms in total. The van der Waals surface area contributed by atoms with Gasteiger partial charge in [-0.1, -0.05) is 13.0 Å². The summed E-state index contributed by atoms with van der Waals surface area (Å²) in [7, 11) is 1.60. The molecule has 3 rings (SSSR count). The summed E-state index contributed by atoms with van der Waals surface area (Å²) in [5.41, 5.74) is 0.643. The number of urea groups is 1. The van der Waals surface area contributed by atoms with Gasteiger partial charge in [-0.15, -0.1) is 0 Å². The molecule has 1 aromatic carbocycles. The lowest BCUT2D eigenvalue weighted by atomic mass is 9.97. The Bertz CT molecular complexity index is 682. The van der Waals surface area contributed by atoms with Crippen LogP contribution in [0.25, 0.3) is 0 Å². The number of hydrogen-bond donors (Lipinski definition) is 1. The molecule has 0 aromatic heterocycles. The van der Waals surface area contributed by atoms with Gasteiger partial charge in [-0.05, 0) is 50.3 Å². The van der Waals surface area contributed by atoms with Crippen molar-refractivity contribution in [2.75, 3.05) is 40.0 Å². The minimum absolute atomic E-state index is 0.0235. The Balaban J connectivity index is 1.63. The van der Waals surface area contributed by atoms with E-state index in [1.807, 2.05) is 28.0 Å². The van der Waals surface area contributed by atoms with Crippen LogP contribution >= 0.6 is 0 Å². The average molecular weight is 404 g/mol. The topological polar surface area (TPSA) is 71.1 Å². The highest BCUT2D eigenvalue weighted by Gasteiger charge is 2.35. The van der Waals surface area contributed by atoms with Crippen molar-refractivity contribution in [3.8, 4) is 5.75 Å². The van der Waals surface area contributed by atoms with Crippen LogP contribution in [0.3, 0.4) is 0 Å². The van der Waals surface area contributed by atoms with Gasteiger partial charge in [0.1, 0.15) is 5.75 Å². The number of methoxy groups -OCH3 is 1. The first kappa shape index (κ1) is 21.4. The van der Waals surface area contributed by atoms with Gasteiger partial charge < -0.3 is 24.6 Å². The van der Waals surface area contributed by atoms with Crippen molar-refractivity contribution in [3.05, 3.63) is 29.8 Å². The van der Waals surface area contributed by atoms with Crippen molar-refractivity contribution in [1.29, 1.82) is 0 Å². The molecule has 0 spiro atoms. The average Bonchev–Trinajstić information content (AvgIpc) is 2.78. The third-order valence-electron chi connectivity index (χ3n) is 5.81. The van der Waals surface area contributed by atoms with Crippen LogP contribution in [0.1, 0.15) is 49.4 Å². The van der Waals surface area contributed by atoms with Crippen LogP contribution in [0.4, 0.5) is 4.79 Å². The molecule has 2 fully saturated rings. The summed E-state index contributed by atoms with van der Waals surface area (Å²) in [6, 6.07) is 7.67. The van der Waals surface area contributed by atoms with Crippen molar-refractivity contribution in [2.24, 2.45) is 0 Å². The van der Waals surface area contributed by atoms with Gasteiger partial charge in [0.15, 0.2) is 0 Å². The Hall–Kier alpha value is -2.28. The molecule has 1 aromatic rings. The van der Waals surface area contributed by atoms with Gasteiger partial charge in [0.25, 0.3) is 5.91 Å². The van der Waals surface area contributed by atoms with E-state index in [2.05, 4.69) is 12.2 Å². The van der Waals surface area contributed by atoms with E-state index in [-0.39, 0.29) is 24.0 Å². The molecule has 2 aliphatic rings. The van der Waals surface area contributed by atoms with Crippen LogP contribution in [0.15, 0.2) is 24.3 Å². The van der Waals surface area contributed by atoms with E-state index in [1.54, 1.807) is 13.2 Å². The normalized spacial score (nSPS) is 18.3. The van der Waals surface area contributed by atoms with Crippen LogP contribution in [-0.4, -0.2) is 73.8 Å². The maximum absolute atomic E-state index is 12.9. The van der Waals surface area contributed by atoms with E-state index in [4.69, 9.17) is 9.47 Å². The maximum Gasteiger partial charge on any atom is 0.317 e. The fourth-order valence-corrected chi connectivity index (χ4v) is 4.20. The molecule has 29 heavy (non-hydrogen) atoms. The molecule has 2 aliphatic heterocycles. The van der Waals surface area contributed by atoms with Crippen molar-refractivity contribution in [3.63, 3.8) is 0 Å². The van der Waals surface area contributed by atoms with Crippen molar-refractivity contribution in [2.45, 2.75) is 51.1 Å². The molecular formula is C22H33N3O4. The summed E-state index contributed by atoms with van der Waals surface area (Å²) < 4.78 is 10.7. The highest BCUT2D eigenvalue weighted by atomic mass is 16.5. The van der Waals surface area contributed by atoms with E-state index < -0.39 is 0 Å². The molecule has 2 saturated heterocycles. The van der Waals surface area contributed by atoms with E-state index in [9.17, 15) is 9.59 Å². The molecular weight excluding hydrogens is 370 g/mol. The molecule has 3 amide bonds. The quantitative estimate of drug-likeness (QED) is 0.793. The fourth-order valence-electron chi connectivity index (χ4n) is 4.20. The predicted octanol–water partition coefficient (Wildman–Crippen LogP) is 2.90. The number of nitrogens with one attached hydrogen (secondary N) is 1. The SMILES string of the molecule is CCCNC(=O)N(C1CCOCC1)C1CCN(C(=O)c2cccc(OC)c2)CC1. The first-order chi connectivity index (χ1) is 14.1. The third kappa shape index (κ3) is 5.41. The highest BCUT2D eigenvalue weighted by Crippen LogP contribution is 2.25. The summed E-state index contributed by atoms with van der Waals surface area (Å²) in [5.74, 6) is 0.708. The second-order valence-electron chi connectivity index (χ2n) is 7.74. The molecule has 160 valence electrons. The first-order valence-electron chi connectivity index (χ1n) is 10.7. The zero-order valence-corrected chi connectivity index (χ0v) is 17.6. The number of ether oxygens (including phenoxy) is 2. The van der Waals surface area contributed by atoms with Crippen LogP contribution in [0.2, 0.25) is 0 Å².